The van der Waals surface area contributed by atoms with Crippen LogP contribution in [0, 0.1) is 5.92 Å². The molecule has 0 bridgehead atoms. The molecule has 0 aromatic rings. The maximum Gasteiger partial charge on any atom is 0.348 e. The number of amides is 3. The van der Waals surface area contributed by atoms with Crippen molar-refractivity contribution in [1.29, 1.82) is 0 Å². The molecule has 3 amide bonds. The molecule has 2 atom stereocenters. The number of imide groups is 1. The lowest BCUT2D eigenvalue weighted by Crippen LogP contribution is -2.59. The molecule has 1 aliphatic carbocycles. The fourth-order valence-corrected chi connectivity index (χ4v) is 2.08. The number of carbonyl (C=O) groups is 2. The van der Waals surface area contributed by atoms with Crippen LogP contribution in [-0.2, 0) is 4.79 Å². The summed E-state index contributed by atoms with van der Waals surface area (Å²) in [5.74, 6) is -0.662. The van der Waals surface area contributed by atoms with E-state index < -0.39 is 11.9 Å². The van der Waals surface area contributed by atoms with Gasteiger partial charge >= 0.3 is 6.03 Å². The third-order valence-corrected chi connectivity index (χ3v) is 2.79. The molecule has 1 saturated carbocycles. The molecule has 5 nitrogen and oxygen atoms in total. The quantitative estimate of drug-likeness (QED) is 0.538. The summed E-state index contributed by atoms with van der Waals surface area (Å²) in [4.78, 5) is 22.4. The van der Waals surface area contributed by atoms with Gasteiger partial charge in [0.15, 0.2) is 0 Å². The van der Waals surface area contributed by atoms with Gasteiger partial charge in [0.2, 0.25) is 0 Å². The Balaban J connectivity index is 2.17. The predicted molar refractivity (Wildman–Crippen MR) is 42.9 cm³/mol. The minimum absolute atomic E-state index is 0.0582. The van der Waals surface area contributed by atoms with Crippen LogP contribution in [0.5, 0.6) is 0 Å². The van der Waals surface area contributed by atoms with Gasteiger partial charge in [-0.2, -0.15) is 0 Å². The molecule has 13 heavy (non-hydrogen) atoms. The molecular weight excluding hydrogens is 172 g/mol. The summed E-state index contributed by atoms with van der Waals surface area (Å²) in [6.07, 6.45) is 3.65. The molecule has 0 spiro atoms. The van der Waals surface area contributed by atoms with Crippen LogP contribution in [-0.4, -0.2) is 28.3 Å². The van der Waals surface area contributed by atoms with Crippen LogP contribution in [0.3, 0.4) is 0 Å². The lowest BCUT2D eigenvalue weighted by Gasteiger charge is -2.37. The van der Waals surface area contributed by atoms with Crippen molar-refractivity contribution >= 4 is 11.9 Å². The number of fused-ring (bicyclic) bond motifs is 1. The minimum Gasteiger partial charge on any atom is -0.332 e. The van der Waals surface area contributed by atoms with Crippen LogP contribution in [0.4, 0.5) is 4.79 Å². The van der Waals surface area contributed by atoms with E-state index in [0.717, 1.165) is 25.7 Å². The van der Waals surface area contributed by atoms with Gasteiger partial charge < -0.3 is 5.32 Å². The Morgan fingerprint density at radius 2 is 2.00 bits per heavy atom. The van der Waals surface area contributed by atoms with E-state index in [0.29, 0.717) is 0 Å². The van der Waals surface area contributed by atoms with Crippen molar-refractivity contribution in [3.05, 3.63) is 0 Å². The van der Waals surface area contributed by atoms with Crippen molar-refractivity contribution in [2.45, 2.75) is 31.7 Å². The average molecular weight is 184 g/mol. The van der Waals surface area contributed by atoms with Crippen molar-refractivity contribution in [2.75, 3.05) is 0 Å². The summed E-state index contributed by atoms with van der Waals surface area (Å²) < 4.78 is 0. The van der Waals surface area contributed by atoms with Crippen molar-refractivity contribution in [1.82, 2.24) is 10.4 Å². The molecule has 0 radical (unpaired) electrons. The molecule has 2 aliphatic rings. The van der Waals surface area contributed by atoms with Gasteiger partial charge in [-0.3, -0.25) is 10.0 Å². The second-order valence-electron chi connectivity index (χ2n) is 3.60. The number of hydrogen-bond acceptors (Lipinski definition) is 3. The monoisotopic (exact) mass is 184 g/mol. The predicted octanol–water partition coefficient (Wildman–Crippen LogP) is 0.486. The number of nitrogens with one attached hydrogen (secondary N) is 1. The largest absolute Gasteiger partial charge is 0.348 e. The molecule has 1 saturated heterocycles. The summed E-state index contributed by atoms with van der Waals surface area (Å²) in [7, 11) is 0. The van der Waals surface area contributed by atoms with Gasteiger partial charge in [0.05, 0.1) is 5.92 Å². The Morgan fingerprint density at radius 3 is 2.77 bits per heavy atom. The van der Waals surface area contributed by atoms with Crippen molar-refractivity contribution < 1.29 is 14.8 Å². The van der Waals surface area contributed by atoms with Crippen LogP contribution in [0.2, 0.25) is 0 Å². The number of rotatable bonds is 0. The summed E-state index contributed by atoms with van der Waals surface area (Å²) in [6, 6.07) is -0.745. The molecule has 0 aromatic carbocycles. The average Bonchev–Trinajstić information content (AvgIpc) is 2.15. The maximum atomic E-state index is 11.4. The lowest BCUT2D eigenvalue weighted by molar-refractivity contribution is -0.163. The fourth-order valence-electron chi connectivity index (χ4n) is 2.08. The summed E-state index contributed by atoms with van der Waals surface area (Å²) in [6.45, 7) is 0. The second-order valence-corrected chi connectivity index (χ2v) is 3.60. The molecule has 2 fully saturated rings. The van der Waals surface area contributed by atoms with Crippen LogP contribution in [0.15, 0.2) is 0 Å². The first-order valence-electron chi connectivity index (χ1n) is 4.53. The first-order chi connectivity index (χ1) is 6.20. The third-order valence-electron chi connectivity index (χ3n) is 2.79. The van der Waals surface area contributed by atoms with Gasteiger partial charge in [-0.15, -0.1) is 5.06 Å². The van der Waals surface area contributed by atoms with Gasteiger partial charge in [-0.05, 0) is 12.8 Å². The minimum atomic E-state index is -0.687. The van der Waals surface area contributed by atoms with Crippen LogP contribution >= 0.6 is 0 Å². The van der Waals surface area contributed by atoms with E-state index in [9.17, 15) is 9.59 Å². The van der Waals surface area contributed by atoms with E-state index in [2.05, 4.69) is 5.32 Å². The number of hydrogen-bond donors (Lipinski definition) is 2. The fraction of sp³-hybridized carbons (Fsp3) is 0.750. The highest BCUT2D eigenvalue weighted by molar-refractivity contribution is 5.97. The van der Waals surface area contributed by atoms with Crippen molar-refractivity contribution in [3.8, 4) is 0 Å². The van der Waals surface area contributed by atoms with Crippen molar-refractivity contribution in [3.63, 3.8) is 0 Å². The Kier molecular flexibility index (Phi) is 1.95. The highest BCUT2D eigenvalue weighted by atomic mass is 16.5. The SMILES string of the molecule is O=C1N[C@@H]2CCCC[C@@H]2C(=O)N1O. The van der Waals surface area contributed by atoms with Crippen LogP contribution in [0.25, 0.3) is 0 Å². The maximum absolute atomic E-state index is 11.4. The second kappa shape index (κ2) is 2.99. The molecule has 0 aromatic heterocycles. The highest BCUT2D eigenvalue weighted by Crippen LogP contribution is 2.28. The first-order valence-corrected chi connectivity index (χ1v) is 4.53. The molecule has 5 heteroatoms. The van der Waals surface area contributed by atoms with E-state index >= 15 is 0 Å². The Hall–Kier alpha value is -1.10. The van der Waals surface area contributed by atoms with E-state index in [-0.39, 0.29) is 17.0 Å². The smallest absolute Gasteiger partial charge is 0.332 e. The lowest BCUT2D eigenvalue weighted by atomic mass is 9.83. The molecule has 1 aliphatic heterocycles. The molecular formula is C8H12N2O3. The van der Waals surface area contributed by atoms with E-state index in [1.807, 2.05) is 0 Å². The zero-order valence-corrected chi connectivity index (χ0v) is 7.19. The van der Waals surface area contributed by atoms with Gasteiger partial charge in [-0.1, -0.05) is 12.8 Å². The molecule has 2 rings (SSSR count). The normalized spacial score (nSPS) is 34.1. The zero-order valence-electron chi connectivity index (χ0n) is 7.19. The van der Waals surface area contributed by atoms with Crippen molar-refractivity contribution in [2.24, 2.45) is 5.92 Å². The summed E-state index contributed by atoms with van der Waals surface area (Å²) in [5.41, 5.74) is 0. The molecule has 2 N–H and O–H groups in total. The third kappa shape index (κ3) is 1.29. The highest BCUT2D eigenvalue weighted by Gasteiger charge is 2.41. The standard InChI is InChI=1S/C8H12N2O3/c11-7-5-3-1-2-4-6(5)9-8(12)10(7)13/h5-6,13H,1-4H2,(H,9,12)/t5-,6+/m0/s1. The van der Waals surface area contributed by atoms with Gasteiger partial charge in [0.1, 0.15) is 0 Å². The number of carbonyl (C=O) groups excluding carboxylic acids is 2. The molecule has 0 unspecified atom stereocenters. The topological polar surface area (TPSA) is 69.6 Å². The van der Waals surface area contributed by atoms with E-state index in [1.54, 1.807) is 0 Å². The van der Waals surface area contributed by atoms with E-state index in [4.69, 9.17) is 5.21 Å². The zero-order chi connectivity index (χ0) is 9.42. The number of nitrogens with zero attached hydrogens (tertiary/aromatic N) is 1. The number of urea groups is 1. The molecule has 72 valence electrons. The summed E-state index contributed by atoms with van der Waals surface area (Å²) in [5, 5.41) is 11.9. The van der Waals surface area contributed by atoms with Gasteiger partial charge in [-0.25, -0.2) is 4.79 Å². The van der Waals surface area contributed by atoms with Crippen LogP contribution in [0.1, 0.15) is 25.7 Å². The molecule has 1 heterocycles. The summed E-state index contributed by atoms with van der Waals surface area (Å²) >= 11 is 0. The number of hydroxylamine groups is 2. The van der Waals surface area contributed by atoms with Crippen LogP contribution < -0.4 is 5.32 Å². The van der Waals surface area contributed by atoms with E-state index in [1.165, 1.54) is 0 Å². The Labute approximate surface area is 75.7 Å². The Bertz CT molecular complexity index is 254. The first kappa shape index (κ1) is 8.50. The van der Waals surface area contributed by atoms with Gasteiger partial charge in [0.25, 0.3) is 5.91 Å². The Morgan fingerprint density at radius 1 is 1.31 bits per heavy atom. The van der Waals surface area contributed by atoms with Gasteiger partial charge in [0, 0.05) is 6.04 Å².